The van der Waals surface area contributed by atoms with Gasteiger partial charge in [-0.2, -0.15) is 4.98 Å². The van der Waals surface area contributed by atoms with Crippen LogP contribution in [0.4, 0.5) is 14.7 Å². The fraction of sp³-hybridized carbons (Fsp3) is 0.688. The van der Waals surface area contributed by atoms with Crippen molar-refractivity contribution in [3.63, 3.8) is 0 Å². The van der Waals surface area contributed by atoms with Gasteiger partial charge in [0.1, 0.15) is 0 Å². The molecule has 2 aliphatic rings. The zero-order valence-electron chi connectivity index (χ0n) is 14.1. The lowest BCUT2D eigenvalue weighted by atomic mass is 9.95. The van der Waals surface area contributed by atoms with Gasteiger partial charge in [0.05, 0.1) is 23.7 Å². The average molecular weight is 419 g/mol. The lowest BCUT2D eigenvalue weighted by Crippen LogP contribution is -2.49. The summed E-state index contributed by atoms with van der Waals surface area (Å²) < 4.78 is 32.4. The number of piperidine rings is 2. The molecule has 0 aromatic carbocycles. The van der Waals surface area contributed by atoms with Crippen LogP contribution in [0.15, 0.2) is 10.7 Å². The minimum absolute atomic E-state index is 0.0377. The molecular weight excluding hydrogens is 398 g/mol. The van der Waals surface area contributed by atoms with Crippen molar-refractivity contribution in [2.45, 2.75) is 31.6 Å². The SMILES string of the molecule is COc1nc(N2CCCC(C(=O)N3CCC(F)(F)CC3)C2)ncc1Br. The molecule has 2 fully saturated rings. The number of rotatable bonds is 3. The van der Waals surface area contributed by atoms with E-state index in [4.69, 9.17) is 4.74 Å². The molecular formula is C16H21BrF2N4O2. The number of carbonyl (C=O) groups excluding carboxylic acids is 1. The lowest BCUT2D eigenvalue weighted by Gasteiger charge is -2.37. The number of amides is 1. The molecule has 0 N–H and O–H groups in total. The number of alkyl halides is 2. The highest BCUT2D eigenvalue weighted by Gasteiger charge is 2.38. The second-order valence-electron chi connectivity index (χ2n) is 6.49. The van der Waals surface area contributed by atoms with Gasteiger partial charge >= 0.3 is 0 Å². The summed E-state index contributed by atoms with van der Waals surface area (Å²) in [5, 5.41) is 0. The number of methoxy groups -OCH3 is 1. The molecule has 3 rings (SSSR count). The molecule has 138 valence electrons. The Balaban J connectivity index is 1.66. The molecule has 1 amide bonds. The number of anilines is 1. The monoisotopic (exact) mass is 418 g/mol. The van der Waals surface area contributed by atoms with E-state index in [-0.39, 0.29) is 37.8 Å². The third-order valence-corrected chi connectivity index (χ3v) is 5.30. The average Bonchev–Trinajstić information content (AvgIpc) is 2.61. The Morgan fingerprint density at radius 3 is 2.76 bits per heavy atom. The minimum atomic E-state index is -2.64. The second-order valence-corrected chi connectivity index (χ2v) is 7.35. The third kappa shape index (κ3) is 4.19. The van der Waals surface area contributed by atoms with Crippen LogP contribution in [0.2, 0.25) is 0 Å². The predicted molar refractivity (Wildman–Crippen MR) is 92.0 cm³/mol. The van der Waals surface area contributed by atoms with Gasteiger partial charge in [-0.15, -0.1) is 0 Å². The largest absolute Gasteiger partial charge is 0.480 e. The zero-order valence-corrected chi connectivity index (χ0v) is 15.6. The molecule has 3 heterocycles. The summed E-state index contributed by atoms with van der Waals surface area (Å²) >= 11 is 3.32. The first kappa shape index (κ1) is 18.3. The van der Waals surface area contributed by atoms with Crippen LogP contribution in [0.5, 0.6) is 5.88 Å². The third-order valence-electron chi connectivity index (χ3n) is 4.75. The fourth-order valence-electron chi connectivity index (χ4n) is 3.31. The number of hydrogen-bond acceptors (Lipinski definition) is 5. The first-order chi connectivity index (χ1) is 11.9. The van der Waals surface area contributed by atoms with Crippen LogP contribution in [0.1, 0.15) is 25.7 Å². The van der Waals surface area contributed by atoms with Gasteiger partial charge in [-0.25, -0.2) is 13.8 Å². The van der Waals surface area contributed by atoms with E-state index in [1.807, 2.05) is 4.90 Å². The molecule has 2 saturated heterocycles. The second kappa shape index (κ2) is 7.39. The fourth-order valence-corrected chi connectivity index (χ4v) is 3.66. The molecule has 1 atom stereocenters. The van der Waals surface area contributed by atoms with E-state index in [1.54, 1.807) is 11.1 Å². The molecule has 0 radical (unpaired) electrons. The number of ether oxygens (including phenoxy) is 1. The van der Waals surface area contributed by atoms with Gasteiger partial charge < -0.3 is 14.5 Å². The highest BCUT2D eigenvalue weighted by Crippen LogP contribution is 2.30. The molecule has 1 aromatic heterocycles. The Bertz CT molecular complexity index is 637. The number of hydrogen-bond donors (Lipinski definition) is 0. The van der Waals surface area contributed by atoms with E-state index < -0.39 is 5.92 Å². The quantitative estimate of drug-likeness (QED) is 0.754. The Hall–Kier alpha value is -1.51. The van der Waals surface area contributed by atoms with Crippen LogP contribution in [-0.4, -0.2) is 60.0 Å². The summed E-state index contributed by atoms with van der Waals surface area (Å²) in [6, 6.07) is 0. The number of aromatic nitrogens is 2. The topological polar surface area (TPSA) is 58.6 Å². The van der Waals surface area contributed by atoms with Gasteiger partial charge in [-0.1, -0.05) is 0 Å². The Labute approximate surface area is 153 Å². The molecule has 0 spiro atoms. The van der Waals surface area contributed by atoms with Gasteiger partial charge in [0.15, 0.2) is 0 Å². The van der Waals surface area contributed by atoms with E-state index in [1.165, 1.54) is 7.11 Å². The van der Waals surface area contributed by atoms with Gasteiger partial charge in [-0.3, -0.25) is 4.79 Å². The van der Waals surface area contributed by atoms with Crippen molar-refractivity contribution in [2.24, 2.45) is 5.92 Å². The van der Waals surface area contributed by atoms with Crippen molar-refractivity contribution in [3.8, 4) is 5.88 Å². The smallest absolute Gasteiger partial charge is 0.251 e. The molecule has 1 aromatic rings. The molecule has 9 heteroatoms. The van der Waals surface area contributed by atoms with Gasteiger partial charge in [-0.05, 0) is 28.8 Å². The Morgan fingerprint density at radius 1 is 1.36 bits per heavy atom. The molecule has 0 bridgehead atoms. The molecule has 2 aliphatic heterocycles. The predicted octanol–water partition coefficient (Wildman–Crippen LogP) is 2.72. The van der Waals surface area contributed by atoms with Crippen LogP contribution in [0, 0.1) is 5.92 Å². The van der Waals surface area contributed by atoms with Gasteiger partial charge in [0.25, 0.3) is 5.92 Å². The standard InChI is InChI=1S/C16H21BrF2N4O2/c1-25-13-12(17)9-20-15(21-13)23-6-2-3-11(10-23)14(24)22-7-4-16(18,19)5-8-22/h9,11H,2-8,10H2,1H3. The van der Waals surface area contributed by atoms with E-state index in [0.29, 0.717) is 22.8 Å². The van der Waals surface area contributed by atoms with E-state index in [9.17, 15) is 13.6 Å². The maximum absolute atomic E-state index is 13.3. The van der Waals surface area contributed by atoms with Crippen molar-refractivity contribution >= 4 is 27.8 Å². The van der Waals surface area contributed by atoms with Crippen molar-refractivity contribution in [3.05, 3.63) is 10.7 Å². The van der Waals surface area contributed by atoms with Crippen molar-refractivity contribution < 1.29 is 18.3 Å². The Kier molecular flexibility index (Phi) is 5.41. The molecule has 0 aliphatic carbocycles. The van der Waals surface area contributed by atoms with Crippen LogP contribution in [0.25, 0.3) is 0 Å². The number of halogens is 3. The van der Waals surface area contributed by atoms with Gasteiger partial charge in [0, 0.05) is 39.0 Å². The lowest BCUT2D eigenvalue weighted by molar-refractivity contribution is -0.141. The van der Waals surface area contributed by atoms with Crippen LogP contribution >= 0.6 is 15.9 Å². The molecule has 25 heavy (non-hydrogen) atoms. The van der Waals surface area contributed by atoms with Crippen LogP contribution < -0.4 is 9.64 Å². The number of carbonyl (C=O) groups is 1. The summed E-state index contributed by atoms with van der Waals surface area (Å²) in [5.41, 5.74) is 0. The summed E-state index contributed by atoms with van der Waals surface area (Å²) in [5.74, 6) is -1.93. The summed E-state index contributed by atoms with van der Waals surface area (Å²) in [4.78, 5) is 24.9. The minimum Gasteiger partial charge on any atom is -0.480 e. The van der Waals surface area contributed by atoms with Crippen molar-refractivity contribution in [1.82, 2.24) is 14.9 Å². The normalized spacial score (nSPS) is 23.4. The van der Waals surface area contributed by atoms with Crippen LogP contribution in [-0.2, 0) is 4.79 Å². The van der Waals surface area contributed by atoms with Gasteiger partial charge in [0.2, 0.25) is 17.7 Å². The summed E-state index contributed by atoms with van der Waals surface area (Å²) in [6.45, 7) is 1.51. The van der Waals surface area contributed by atoms with E-state index >= 15 is 0 Å². The zero-order chi connectivity index (χ0) is 18.0. The van der Waals surface area contributed by atoms with E-state index in [2.05, 4.69) is 25.9 Å². The molecule has 1 unspecified atom stereocenters. The highest BCUT2D eigenvalue weighted by molar-refractivity contribution is 9.10. The maximum Gasteiger partial charge on any atom is 0.251 e. The maximum atomic E-state index is 13.3. The van der Waals surface area contributed by atoms with Crippen molar-refractivity contribution in [1.29, 1.82) is 0 Å². The Morgan fingerprint density at radius 2 is 2.08 bits per heavy atom. The van der Waals surface area contributed by atoms with Crippen molar-refractivity contribution in [2.75, 3.05) is 38.2 Å². The molecule has 6 nitrogen and oxygen atoms in total. The van der Waals surface area contributed by atoms with Crippen LogP contribution in [0.3, 0.4) is 0 Å². The summed E-state index contributed by atoms with van der Waals surface area (Å²) in [7, 11) is 1.53. The summed E-state index contributed by atoms with van der Waals surface area (Å²) in [6.07, 6.45) is 2.72. The first-order valence-corrected chi connectivity index (χ1v) is 9.17. The number of likely N-dealkylation sites (tertiary alicyclic amines) is 1. The first-order valence-electron chi connectivity index (χ1n) is 8.38. The number of nitrogens with zero attached hydrogens (tertiary/aromatic N) is 4. The molecule has 0 saturated carbocycles. The highest BCUT2D eigenvalue weighted by atomic mass is 79.9. The van der Waals surface area contributed by atoms with E-state index in [0.717, 1.165) is 19.4 Å².